The number of carbonyl (C=O) groups excluding carboxylic acids is 1. The monoisotopic (exact) mass is 495 g/mol. The molecule has 0 aliphatic rings. The number of fused-ring (bicyclic) bond motifs is 1. The molecule has 0 bridgehead atoms. The number of carboxylic acids is 1. The van der Waals surface area contributed by atoms with Gasteiger partial charge in [-0.15, -0.1) is 5.10 Å². The van der Waals surface area contributed by atoms with Crippen molar-refractivity contribution >= 4 is 22.8 Å². The van der Waals surface area contributed by atoms with Crippen LogP contribution in [-0.4, -0.2) is 64.9 Å². The van der Waals surface area contributed by atoms with Crippen LogP contribution in [-0.2, 0) is 22.7 Å². The van der Waals surface area contributed by atoms with Gasteiger partial charge in [0.2, 0.25) is 5.75 Å². The highest BCUT2D eigenvalue weighted by molar-refractivity contribution is 6.01. The van der Waals surface area contributed by atoms with Gasteiger partial charge < -0.3 is 34.4 Å². The van der Waals surface area contributed by atoms with Crippen LogP contribution in [0.15, 0.2) is 42.6 Å². The van der Waals surface area contributed by atoms with Crippen molar-refractivity contribution in [1.82, 2.24) is 25.3 Å². The van der Waals surface area contributed by atoms with E-state index < -0.39 is 12.6 Å². The Morgan fingerprint density at radius 3 is 2.58 bits per heavy atom. The summed E-state index contributed by atoms with van der Waals surface area (Å²) < 4.78 is 22.9. The van der Waals surface area contributed by atoms with Crippen molar-refractivity contribution in [1.29, 1.82) is 0 Å². The number of aromatic nitrogens is 4. The summed E-state index contributed by atoms with van der Waals surface area (Å²) in [6.07, 6.45) is 1.65. The van der Waals surface area contributed by atoms with Crippen LogP contribution in [0.1, 0.15) is 21.7 Å². The molecule has 0 aliphatic carbocycles. The molecule has 1 amide bonds. The second-order valence-electron chi connectivity index (χ2n) is 7.64. The summed E-state index contributed by atoms with van der Waals surface area (Å²) in [5.41, 5.74) is 2.99. The van der Waals surface area contributed by atoms with Crippen molar-refractivity contribution in [3.05, 3.63) is 59.5 Å². The van der Waals surface area contributed by atoms with Gasteiger partial charge in [-0.3, -0.25) is 4.79 Å². The van der Waals surface area contributed by atoms with Crippen molar-refractivity contribution in [2.75, 3.05) is 27.9 Å². The molecule has 0 unspecified atom stereocenters. The molecule has 4 aromatic rings. The molecule has 0 spiro atoms. The fraction of sp³-hybridized carbons (Fsp3) is 0.250. The first-order chi connectivity index (χ1) is 17.4. The molecule has 2 aromatic heterocycles. The summed E-state index contributed by atoms with van der Waals surface area (Å²) in [6.45, 7) is -0.182. The third-order valence-electron chi connectivity index (χ3n) is 5.37. The smallest absolute Gasteiger partial charge is 0.329 e. The van der Waals surface area contributed by atoms with Gasteiger partial charge >= 0.3 is 5.97 Å². The first-order valence-corrected chi connectivity index (χ1v) is 10.8. The molecule has 12 heteroatoms. The lowest BCUT2D eigenvalue weighted by molar-refractivity contribution is -0.142. The minimum Gasteiger partial charge on any atom is -0.493 e. The number of nitrogens with zero attached hydrogens (tertiary/aromatic N) is 3. The number of nitrogens with one attached hydrogen (secondary N) is 2. The molecule has 0 radical (unpaired) electrons. The summed E-state index contributed by atoms with van der Waals surface area (Å²) >= 11 is 0. The van der Waals surface area contributed by atoms with Crippen LogP contribution in [0.5, 0.6) is 17.2 Å². The summed E-state index contributed by atoms with van der Waals surface area (Å²) in [6, 6.07) is 10.8. The number of hydrogen-bond donors (Lipinski definition) is 3. The predicted octanol–water partition coefficient (Wildman–Crippen LogP) is 2.31. The standard InChI is InChI=1S/C24H25N5O7/c1-33-20-9-17-16(22(34-2)23(20)35-3)8-18(26-17)24(32)25-10-14-6-4-5-7-19(14)29-11-15(27-28-29)12-36-13-21(30)31/h4-9,11,26H,10,12-13H2,1-3H3,(H,25,32)(H,30,31). The quantitative estimate of drug-likeness (QED) is 0.285. The van der Waals surface area contributed by atoms with E-state index in [1.165, 1.54) is 21.3 Å². The predicted molar refractivity (Wildman–Crippen MR) is 128 cm³/mol. The lowest BCUT2D eigenvalue weighted by atomic mass is 10.1. The molecule has 0 atom stereocenters. The zero-order valence-electron chi connectivity index (χ0n) is 19.9. The number of ether oxygens (including phenoxy) is 4. The molecule has 0 aliphatic heterocycles. The number of amides is 1. The Labute approximate surface area is 205 Å². The Hall–Kier alpha value is -4.58. The molecule has 0 fully saturated rings. The van der Waals surface area contributed by atoms with E-state index in [1.807, 2.05) is 24.3 Å². The minimum absolute atomic E-state index is 0.0185. The van der Waals surface area contributed by atoms with Crippen LogP contribution in [0.25, 0.3) is 16.6 Å². The second-order valence-corrected chi connectivity index (χ2v) is 7.64. The van der Waals surface area contributed by atoms with E-state index in [2.05, 4.69) is 20.6 Å². The van der Waals surface area contributed by atoms with Crippen molar-refractivity contribution in [2.24, 2.45) is 0 Å². The maximum atomic E-state index is 13.0. The zero-order valence-corrected chi connectivity index (χ0v) is 19.9. The first kappa shape index (κ1) is 24.5. The van der Waals surface area contributed by atoms with E-state index in [0.29, 0.717) is 45.2 Å². The third-order valence-corrected chi connectivity index (χ3v) is 5.37. The van der Waals surface area contributed by atoms with Crippen molar-refractivity contribution < 1.29 is 33.6 Å². The van der Waals surface area contributed by atoms with Gasteiger partial charge in [-0.25, -0.2) is 9.48 Å². The number of aromatic amines is 1. The van der Waals surface area contributed by atoms with E-state index in [-0.39, 0.29) is 19.1 Å². The second kappa shape index (κ2) is 10.8. The lowest BCUT2D eigenvalue weighted by Crippen LogP contribution is -2.23. The largest absolute Gasteiger partial charge is 0.493 e. The summed E-state index contributed by atoms with van der Waals surface area (Å²) in [7, 11) is 4.57. The highest BCUT2D eigenvalue weighted by Gasteiger charge is 2.20. The van der Waals surface area contributed by atoms with Gasteiger partial charge in [0.25, 0.3) is 5.91 Å². The number of benzene rings is 2. The van der Waals surface area contributed by atoms with Gasteiger partial charge in [-0.2, -0.15) is 0 Å². The Balaban J connectivity index is 1.51. The number of hydrogen-bond acceptors (Lipinski definition) is 8. The van der Waals surface area contributed by atoms with Gasteiger partial charge in [0.05, 0.1) is 45.3 Å². The fourth-order valence-corrected chi connectivity index (χ4v) is 3.75. The number of para-hydroxylation sites is 1. The highest BCUT2D eigenvalue weighted by Crippen LogP contribution is 2.43. The van der Waals surface area contributed by atoms with Gasteiger partial charge in [-0.1, -0.05) is 23.4 Å². The average molecular weight is 495 g/mol. The van der Waals surface area contributed by atoms with Gasteiger partial charge in [0.1, 0.15) is 18.0 Å². The van der Waals surface area contributed by atoms with E-state index in [4.69, 9.17) is 24.1 Å². The van der Waals surface area contributed by atoms with Crippen molar-refractivity contribution in [3.63, 3.8) is 0 Å². The number of methoxy groups -OCH3 is 3. The Kier molecular flexibility index (Phi) is 7.35. The van der Waals surface area contributed by atoms with Crippen LogP contribution in [0.2, 0.25) is 0 Å². The molecule has 2 heterocycles. The summed E-state index contributed by atoms with van der Waals surface area (Å²) in [5, 5.41) is 20.4. The summed E-state index contributed by atoms with van der Waals surface area (Å²) in [4.78, 5) is 26.7. The number of rotatable bonds is 11. The van der Waals surface area contributed by atoms with E-state index in [1.54, 1.807) is 23.0 Å². The molecule has 0 saturated carbocycles. The van der Waals surface area contributed by atoms with Gasteiger partial charge in [0, 0.05) is 18.0 Å². The van der Waals surface area contributed by atoms with E-state index >= 15 is 0 Å². The topological polar surface area (TPSA) is 150 Å². The molecule has 3 N–H and O–H groups in total. The highest BCUT2D eigenvalue weighted by atomic mass is 16.5. The maximum Gasteiger partial charge on any atom is 0.329 e. The van der Waals surface area contributed by atoms with Crippen molar-refractivity contribution in [3.8, 4) is 22.9 Å². The van der Waals surface area contributed by atoms with Crippen molar-refractivity contribution in [2.45, 2.75) is 13.2 Å². The van der Waals surface area contributed by atoms with Gasteiger partial charge in [0.15, 0.2) is 11.5 Å². The SMILES string of the molecule is COc1cc2[nH]c(C(=O)NCc3ccccc3-n3cc(COCC(=O)O)nn3)cc2c(OC)c1OC. The van der Waals surface area contributed by atoms with Crippen LogP contribution in [0.4, 0.5) is 0 Å². The molecular formula is C24H25N5O7. The maximum absolute atomic E-state index is 13.0. The number of H-pyrrole nitrogens is 1. The molecule has 12 nitrogen and oxygen atoms in total. The normalized spacial score (nSPS) is 10.9. The number of aliphatic carboxylic acids is 1. The molecule has 2 aromatic carbocycles. The molecule has 36 heavy (non-hydrogen) atoms. The first-order valence-electron chi connectivity index (χ1n) is 10.8. The average Bonchev–Trinajstić information content (AvgIpc) is 3.53. The summed E-state index contributed by atoms with van der Waals surface area (Å²) in [5.74, 6) is -0.00240. The fourth-order valence-electron chi connectivity index (χ4n) is 3.75. The third kappa shape index (κ3) is 5.08. The Morgan fingerprint density at radius 1 is 1.08 bits per heavy atom. The Bertz CT molecular complexity index is 1400. The van der Waals surface area contributed by atoms with Crippen LogP contribution in [0, 0.1) is 0 Å². The number of carboxylic acid groups (broad SMARTS) is 1. The molecule has 4 rings (SSSR count). The molecule has 188 valence electrons. The minimum atomic E-state index is -1.06. The van der Waals surface area contributed by atoms with Crippen LogP contribution >= 0.6 is 0 Å². The lowest BCUT2D eigenvalue weighted by Gasteiger charge is -2.12. The Morgan fingerprint density at radius 2 is 1.86 bits per heavy atom. The van der Waals surface area contributed by atoms with E-state index in [9.17, 15) is 9.59 Å². The molecular weight excluding hydrogens is 470 g/mol. The zero-order chi connectivity index (χ0) is 25.7. The van der Waals surface area contributed by atoms with Gasteiger partial charge in [-0.05, 0) is 17.7 Å². The molecule has 0 saturated heterocycles. The van der Waals surface area contributed by atoms with E-state index in [0.717, 1.165) is 5.56 Å². The van der Waals surface area contributed by atoms with Crippen LogP contribution < -0.4 is 19.5 Å². The van der Waals surface area contributed by atoms with Crippen LogP contribution in [0.3, 0.4) is 0 Å². The number of carbonyl (C=O) groups is 2.